The second-order valence-corrected chi connectivity index (χ2v) is 6.03. The average molecular weight is 357 g/mol. The Morgan fingerprint density at radius 2 is 1.85 bits per heavy atom. The number of ether oxygens (including phenoxy) is 1. The molecule has 2 aromatic carbocycles. The predicted octanol–water partition coefficient (Wildman–Crippen LogP) is 1.45. The van der Waals surface area contributed by atoms with Crippen LogP contribution in [-0.2, 0) is 20.9 Å². The van der Waals surface area contributed by atoms with Crippen LogP contribution in [0.15, 0.2) is 54.6 Å². The highest BCUT2D eigenvalue weighted by Crippen LogP contribution is 2.25. The number of halogens is 1. The topological polar surface area (TPSA) is 79.5 Å². The third-order valence-electron chi connectivity index (χ3n) is 4.20. The van der Waals surface area contributed by atoms with Gasteiger partial charge in [-0.05, 0) is 23.3 Å². The van der Waals surface area contributed by atoms with Crippen molar-refractivity contribution in [2.75, 3.05) is 13.1 Å². The smallest absolute Gasteiger partial charge is 0.325 e. The average Bonchev–Trinajstić information content (AvgIpc) is 3.16. The van der Waals surface area contributed by atoms with Gasteiger partial charge in [0.2, 0.25) is 5.91 Å². The third-order valence-corrected chi connectivity index (χ3v) is 4.20. The highest BCUT2D eigenvalue weighted by Gasteiger charge is 2.34. The first-order valence-corrected chi connectivity index (χ1v) is 8.34. The van der Waals surface area contributed by atoms with Crippen molar-refractivity contribution < 1.29 is 18.7 Å². The highest BCUT2D eigenvalue weighted by atomic mass is 19.1. The van der Waals surface area contributed by atoms with Gasteiger partial charge in [0.25, 0.3) is 0 Å². The van der Waals surface area contributed by atoms with Gasteiger partial charge in [0.05, 0.1) is 12.0 Å². The number of nitrogens with one attached hydrogen (secondary N) is 3. The summed E-state index contributed by atoms with van der Waals surface area (Å²) < 4.78 is 18.2. The molecule has 1 amide bonds. The van der Waals surface area contributed by atoms with E-state index in [0.29, 0.717) is 6.54 Å². The molecular weight excluding hydrogens is 337 g/mol. The fourth-order valence-corrected chi connectivity index (χ4v) is 2.81. The number of amides is 1. The summed E-state index contributed by atoms with van der Waals surface area (Å²) in [5.41, 5.74) is 7.61. The van der Waals surface area contributed by atoms with Gasteiger partial charge in [-0.2, -0.15) is 0 Å². The fraction of sp³-hybridized carbons (Fsp3) is 0.263. The van der Waals surface area contributed by atoms with E-state index in [2.05, 4.69) is 16.2 Å². The van der Waals surface area contributed by atoms with Crippen molar-refractivity contribution in [2.24, 2.45) is 5.92 Å². The van der Waals surface area contributed by atoms with Gasteiger partial charge in [-0.1, -0.05) is 42.5 Å². The van der Waals surface area contributed by atoms with E-state index in [0.717, 1.165) is 11.1 Å². The van der Waals surface area contributed by atoms with Crippen molar-refractivity contribution >= 4 is 11.9 Å². The number of esters is 1. The Kier molecular flexibility index (Phi) is 5.93. The summed E-state index contributed by atoms with van der Waals surface area (Å²) in [6.45, 7) is 0.380. The zero-order valence-electron chi connectivity index (χ0n) is 14.1. The van der Waals surface area contributed by atoms with E-state index in [9.17, 15) is 14.0 Å². The molecule has 6 nitrogen and oxygen atoms in total. The minimum Gasteiger partial charge on any atom is -0.460 e. The van der Waals surface area contributed by atoms with E-state index in [1.165, 1.54) is 12.1 Å². The van der Waals surface area contributed by atoms with E-state index in [4.69, 9.17) is 4.74 Å². The molecule has 0 saturated carbocycles. The number of benzene rings is 2. The summed E-state index contributed by atoms with van der Waals surface area (Å²) in [5.74, 6) is -1.52. The van der Waals surface area contributed by atoms with Crippen LogP contribution in [0, 0.1) is 11.7 Å². The number of hydrogen-bond acceptors (Lipinski definition) is 5. The van der Waals surface area contributed by atoms with Crippen molar-refractivity contribution in [1.82, 2.24) is 16.2 Å². The van der Waals surface area contributed by atoms with Crippen molar-refractivity contribution in [2.45, 2.75) is 12.6 Å². The van der Waals surface area contributed by atoms with Crippen LogP contribution in [0.5, 0.6) is 0 Å². The van der Waals surface area contributed by atoms with Gasteiger partial charge >= 0.3 is 5.97 Å². The molecule has 0 radical (unpaired) electrons. The number of carbonyl (C=O) groups excluding carboxylic acids is 2. The summed E-state index contributed by atoms with van der Waals surface area (Å²) in [6, 6.07) is 15.0. The zero-order valence-corrected chi connectivity index (χ0v) is 14.1. The number of rotatable bonds is 6. The molecule has 0 bridgehead atoms. The van der Waals surface area contributed by atoms with Crippen LogP contribution in [0.1, 0.15) is 17.2 Å². The number of hydrazine groups is 1. The monoisotopic (exact) mass is 357 g/mol. The molecule has 2 atom stereocenters. The molecule has 3 rings (SSSR count). The van der Waals surface area contributed by atoms with Crippen molar-refractivity contribution in [3.8, 4) is 0 Å². The van der Waals surface area contributed by atoms with Crippen LogP contribution in [0.3, 0.4) is 0 Å². The minimum atomic E-state index is -0.501. The maximum Gasteiger partial charge on any atom is 0.325 e. The highest BCUT2D eigenvalue weighted by molar-refractivity contribution is 5.84. The molecule has 0 aromatic heterocycles. The molecule has 2 aromatic rings. The number of hydrogen-bond donors (Lipinski definition) is 3. The zero-order chi connectivity index (χ0) is 18.4. The van der Waals surface area contributed by atoms with Crippen LogP contribution >= 0.6 is 0 Å². The van der Waals surface area contributed by atoms with Crippen LogP contribution < -0.4 is 16.2 Å². The molecule has 0 aliphatic carbocycles. The Balaban J connectivity index is 1.49. The maximum absolute atomic E-state index is 13.1. The van der Waals surface area contributed by atoms with Crippen LogP contribution in [0.2, 0.25) is 0 Å². The summed E-state index contributed by atoms with van der Waals surface area (Å²) in [6.07, 6.45) is 0. The van der Waals surface area contributed by atoms with E-state index < -0.39 is 11.9 Å². The molecule has 1 aliphatic rings. The molecule has 1 heterocycles. The first-order valence-electron chi connectivity index (χ1n) is 8.34. The molecular formula is C19H20FN3O3. The summed E-state index contributed by atoms with van der Waals surface area (Å²) >= 11 is 0. The summed E-state index contributed by atoms with van der Waals surface area (Å²) in [7, 11) is 0. The van der Waals surface area contributed by atoms with Gasteiger partial charge in [-0.15, -0.1) is 0 Å². The second kappa shape index (κ2) is 8.55. The summed E-state index contributed by atoms with van der Waals surface area (Å²) in [4.78, 5) is 24.2. The normalized spacial score (nSPS) is 19.1. The Bertz CT molecular complexity index is 752. The van der Waals surface area contributed by atoms with Crippen molar-refractivity contribution in [3.63, 3.8) is 0 Å². The Morgan fingerprint density at radius 1 is 1.12 bits per heavy atom. The molecule has 26 heavy (non-hydrogen) atoms. The van der Waals surface area contributed by atoms with Crippen LogP contribution in [0.4, 0.5) is 4.39 Å². The molecule has 2 unspecified atom stereocenters. The maximum atomic E-state index is 13.1. The van der Waals surface area contributed by atoms with Gasteiger partial charge in [-0.25, -0.2) is 9.82 Å². The Labute approximate surface area is 150 Å². The van der Waals surface area contributed by atoms with Crippen LogP contribution in [0.25, 0.3) is 0 Å². The van der Waals surface area contributed by atoms with Crippen molar-refractivity contribution in [3.05, 3.63) is 71.5 Å². The SMILES string of the molecule is O=C(CNC(=O)C1CNNC1c1ccc(F)cc1)OCc1ccccc1. The molecule has 136 valence electrons. The largest absolute Gasteiger partial charge is 0.460 e. The Morgan fingerprint density at radius 3 is 2.58 bits per heavy atom. The molecule has 0 spiro atoms. The fourth-order valence-electron chi connectivity index (χ4n) is 2.81. The van der Waals surface area contributed by atoms with Crippen LogP contribution in [-0.4, -0.2) is 25.0 Å². The van der Waals surface area contributed by atoms with E-state index in [1.54, 1.807) is 12.1 Å². The lowest BCUT2D eigenvalue weighted by Crippen LogP contribution is -2.38. The van der Waals surface area contributed by atoms with Gasteiger partial charge < -0.3 is 10.1 Å². The molecule has 1 saturated heterocycles. The standard InChI is InChI=1S/C19H20FN3O3/c20-15-8-6-14(7-9-15)18-16(10-22-23-18)19(25)21-11-17(24)26-12-13-4-2-1-3-5-13/h1-9,16,18,22-23H,10-12H2,(H,21,25). The Hall–Kier alpha value is -2.77. The lowest BCUT2D eigenvalue weighted by atomic mass is 9.94. The lowest BCUT2D eigenvalue weighted by Gasteiger charge is -2.18. The minimum absolute atomic E-state index is 0.167. The van der Waals surface area contributed by atoms with Gasteiger partial charge in [0, 0.05) is 6.54 Å². The third kappa shape index (κ3) is 4.65. The molecule has 1 aliphatic heterocycles. The van der Waals surface area contributed by atoms with Gasteiger partial charge in [0.15, 0.2) is 0 Å². The first kappa shape index (κ1) is 18.0. The molecule has 3 N–H and O–H groups in total. The van der Waals surface area contributed by atoms with Crippen molar-refractivity contribution in [1.29, 1.82) is 0 Å². The number of carbonyl (C=O) groups is 2. The van der Waals surface area contributed by atoms with Gasteiger partial charge in [0.1, 0.15) is 19.0 Å². The van der Waals surface area contributed by atoms with E-state index >= 15 is 0 Å². The molecule has 1 fully saturated rings. The second-order valence-electron chi connectivity index (χ2n) is 6.03. The van der Waals surface area contributed by atoms with E-state index in [1.807, 2.05) is 30.3 Å². The predicted molar refractivity (Wildman–Crippen MR) is 93.0 cm³/mol. The lowest BCUT2D eigenvalue weighted by molar-refractivity contribution is -0.145. The first-order chi connectivity index (χ1) is 12.6. The quantitative estimate of drug-likeness (QED) is 0.682. The molecule has 7 heteroatoms. The summed E-state index contributed by atoms with van der Waals surface area (Å²) in [5, 5.41) is 2.60. The van der Waals surface area contributed by atoms with Gasteiger partial charge in [-0.3, -0.25) is 15.0 Å². The van der Waals surface area contributed by atoms with E-state index in [-0.39, 0.29) is 30.9 Å².